The number of piperazine rings is 1. The molecule has 2 fully saturated rings. The lowest BCUT2D eigenvalue weighted by Gasteiger charge is -2.43. The van der Waals surface area contributed by atoms with Gasteiger partial charge >= 0.3 is 11.9 Å². The van der Waals surface area contributed by atoms with Gasteiger partial charge in [0.2, 0.25) is 5.91 Å². The number of carbonyl (C=O) groups is 1. The number of aromatic nitrogens is 3. The molecule has 6 rings (SSSR count). The fraction of sp³-hybridized carbons (Fsp3) is 0.594. The standard InChI is InChI=1S/C32H41F4N7O3/c1-20-14-40(25(13-37-20)15-39-9-10-46-17-21(39)2)16-27(44)41-18-31(3,4)28-26(41)12-23(11-22-5-7-24(33)8-6-22)29-38-42(19-32(34,35)36)30(45)43(28)29/h5-8,12,20-21,25,37H,9-11,13-19H2,1-4H3/t20-,21-,25-/m1/s1. The molecule has 0 unspecified atom stereocenters. The van der Waals surface area contributed by atoms with E-state index in [0.717, 1.165) is 19.6 Å². The Morgan fingerprint density at radius 1 is 1.15 bits per heavy atom. The fourth-order valence-electron chi connectivity index (χ4n) is 7.06. The highest BCUT2D eigenvalue weighted by atomic mass is 19.4. The zero-order chi connectivity index (χ0) is 33.0. The number of nitrogens with zero attached hydrogens (tertiary/aromatic N) is 6. The monoisotopic (exact) mass is 647 g/mol. The minimum absolute atomic E-state index is 0.0929. The molecule has 1 N–H and O–H groups in total. The summed E-state index contributed by atoms with van der Waals surface area (Å²) < 4.78 is 61.3. The molecule has 0 spiro atoms. The lowest BCUT2D eigenvalue weighted by molar-refractivity contribution is -0.143. The Kier molecular flexibility index (Phi) is 8.76. The number of morpholine rings is 1. The number of halogens is 4. The number of benzene rings is 1. The summed E-state index contributed by atoms with van der Waals surface area (Å²) in [5.41, 5.74) is 0.504. The van der Waals surface area contributed by atoms with Gasteiger partial charge in [0, 0.05) is 68.2 Å². The van der Waals surface area contributed by atoms with Crippen molar-refractivity contribution < 1.29 is 27.1 Å². The van der Waals surface area contributed by atoms with Gasteiger partial charge in [0.25, 0.3) is 0 Å². The number of rotatable bonds is 7. The van der Waals surface area contributed by atoms with Crippen molar-refractivity contribution in [2.45, 2.75) is 70.4 Å². The van der Waals surface area contributed by atoms with E-state index < -0.39 is 29.6 Å². The number of pyridine rings is 1. The molecule has 14 heteroatoms. The minimum Gasteiger partial charge on any atom is -0.379 e. The maximum atomic E-state index is 14.2. The molecule has 0 bridgehead atoms. The van der Waals surface area contributed by atoms with Gasteiger partial charge in [-0.25, -0.2) is 18.3 Å². The van der Waals surface area contributed by atoms with Crippen molar-refractivity contribution in [1.29, 1.82) is 0 Å². The lowest BCUT2D eigenvalue weighted by atomic mass is 9.90. The first-order valence-electron chi connectivity index (χ1n) is 15.8. The average Bonchev–Trinajstić information content (AvgIpc) is 3.43. The molecule has 46 heavy (non-hydrogen) atoms. The number of hydrogen-bond acceptors (Lipinski definition) is 7. The SMILES string of the molecule is C[C@@H]1CN(CC(=O)N2CC(C)(C)c3c2cc(Cc2ccc(F)cc2)c2nn(CC(F)(F)F)c(=O)n32)[C@@H](CN2CCOC[C@H]2C)CN1. The quantitative estimate of drug-likeness (QED) is 0.395. The maximum absolute atomic E-state index is 14.2. The molecule has 2 saturated heterocycles. The van der Waals surface area contributed by atoms with Gasteiger partial charge in [0.1, 0.15) is 12.4 Å². The summed E-state index contributed by atoms with van der Waals surface area (Å²) in [5.74, 6) is -0.570. The second-order valence-corrected chi connectivity index (χ2v) is 13.6. The van der Waals surface area contributed by atoms with Crippen molar-refractivity contribution in [3.63, 3.8) is 0 Å². The van der Waals surface area contributed by atoms with E-state index in [1.54, 1.807) is 23.1 Å². The van der Waals surface area contributed by atoms with Gasteiger partial charge in [0.15, 0.2) is 5.65 Å². The van der Waals surface area contributed by atoms with Gasteiger partial charge in [-0.3, -0.25) is 14.6 Å². The normalized spacial score (nSPS) is 24.1. The molecule has 3 atom stereocenters. The van der Waals surface area contributed by atoms with Crippen molar-refractivity contribution in [3.05, 3.63) is 63.5 Å². The molecule has 1 amide bonds. The lowest BCUT2D eigenvalue weighted by Crippen LogP contribution is -2.62. The van der Waals surface area contributed by atoms with Crippen molar-refractivity contribution in [2.24, 2.45) is 0 Å². The molecular weight excluding hydrogens is 606 g/mol. The number of nitrogens with one attached hydrogen (secondary N) is 1. The highest BCUT2D eigenvalue weighted by Crippen LogP contribution is 2.42. The first-order valence-corrected chi connectivity index (χ1v) is 15.8. The molecule has 2 aromatic heterocycles. The van der Waals surface area contributed by atoms with Crippen LogP contribution < -0.4 is 15.9 Å². The van der Waals surface area contributed by atoms with E-state index in [4.69, 9.17) is 4.74 Å². The highest BCUT2D eigenvalue weighted by molar-refractivity contribution is 5.97. The van der Waals surface area contributed by atoms with Crippen LogP contribution in [0, 0.1) is 5.82 Å². The second-order valence-electron chi connectivity index (χ2n) is 13.6. The number of fused-ring (bicyclic) bond motifs is 3. The third kappa shape index (κ3) is 6.57. The van der Waals surface area contributed by atoms with Crippen LogP contribution in [0.15, 0.2) is 35.1 Å². The molecule has 3 aliphatic rings. The van der Waals surface area contributed by atoms with Gasteiger partial charge in [-0.2, -0.15) is 13.2 Å². The van der Waals surface area contributed by atoms with Crippen LogP contribution in [-0.2, 0) is 27.9 Å². The smallest absolute Gasteiger partial charge is 0.379 e. The predicted octanol–water partition coefficient (Wildman–Crippen LogP) is 2.80. The third-order valence-electron chi connectivity index (χ3n) is 9.34. The van der Waals surface area contributed by atoms with E-state index in [-0.39, 0.29) is 49.2 Å². The predicted molar refractivity (Wildman–Crippen MR) is 165 cm³/mol. The molecule has 1 aromatic carbocycles. The highest BCUT2D eigenvalue weighted by Gasteiger charge is 2.43. The largest absolute Gasteiger partial charge is 0.408 e. The topological polar surface area (TPSA) is 87.4 Å². The van der Waals surface area contributed by atoms with E-state index in [2.05, 4.69) is 34.1 Å². The zero-order valence-corrected chi connectivity index (χ0v) is 26.6. The average molecular weight is 648 g/mol. The summed E-state index contributed by atoms with van der Waals surface area (Å²) in [6.07, 6.45) is -4.48. The Morgan fingerprint density at radius 2 is 1.89 bits per heavy atom. The van der Waals surface area contributed by atoms with Crippen molar-refractivity contribution >= 4 is 17.2 Å². The summed E-state index contributed by atoms with van der Waals surface area (Å²) in [5, 5.41) is 7.68. The van der Waals surface area contributed by atoms with Gasteiger partial charge in [-0.1, -0.05) is 26.0 Å². The molecule has 3 aromatic rings. The summed E-state index contributed by atoms with van der Waals surface area (Å²) in [4.78, 5) is 34.1. The summed E-state index contributed by atoms with van der Waals surface area (Å²) >= 11 is 0. The Hall–Kier alpha value is -3.33. The molecule has 5 heterocycles. The number of ether oxygens (including phenoxy) is 1. The third-order valence-corrected chi connectivity index (χ3v) is 9.34. The Labute approximate surface area is 264 Å². The molecule has 10 nitrogen and oxygen atoms in total. The van der Waals surface area contributed by atoms with Gasteiger partial charge in [-0.05, 0) is 37.6 Å². The van der Waals surface area contributed by atoms with Crippen LogP contribution in [-0.4, -0.2) is 107 Å². The van der Waals surface area contributed by atoms with Crippen LogP contribution >= 0.6 is 0 Å². The van der Waals surface area contributed by atoms with Crippen LogP contribution in [0.2, 0.25) is 0 Å². The van der Waals surface area contributed by atoms with Gasteiger partial charge in [-0.15, -0.1) is 5.10 Å². The van der Waals surface area contributed by atoms with E-state index in [0.29, 0.717) is 46.9 Å². The summed E-state index contributed by atoms with van der Waals surface area (Å²) in [6, 6.07) is 8.08. The van der Waals surface area contributed by atoms with Gasteiger partial charge in [0.05, 0.1) is 31.1 Å². The van der Waals surface area contributed by atoms with Crippen LogP contribution in [0.3, 0.4) is 0 Å². The molecule has 0 radical (unpaired) electrons. The first kappa shape index (κ1) is 32.6. The van der Waals surface area contributed by atoms with E-state index in [1.165, 1.54) is 16.5 Å². The van der Waals surface area contributed by atoms with Gasteiger partial charge < -0.3 is 15.0 Å². The molecule has 250 valence electrons. The number of amides is 1. The Morgan fingerprint density at radius 3 is 2.59 bits per heavy atom. The van der Waals surface area contributed by atoms with Crippen molar-refractivity contribution in [2.75, 3.05) is 57.4 Å². The van der Waals surface area contributed by atoms with Crippen LogP contribution in [0.1, 0.15) is 44.5 Å². The fourth-order valence-corrected chi connectivity index (χ4v) is 7.06. The Balaban J connectivity index is 1.37. The molecule has 0 saturated carbocycles. The summed E-state index contributed by atoms with van der Waals surface area (Å²) in [7, 11) is 0. The Bertz CT molecular complexity index is 1650. The minimum atomic E-state index is -4.66. The molecular formula is C32H41F4N7O3. The van der Waals surface area contributed by atoms with E-state index in [1.807, 2.05) is 13.8 Å². The molecule has 3 aliphatic heterocycles. The number of alkyl halides is 3. The van der Waals surface area contributed by atoms with Crippen LogP contribution in [0.25, 0.3) is 5.65 Å². The van der Waals surface area contributed by atoms with Crippen molar-refractivity contribution in [1.82, 2.24) is 29.3 Å². The maximum Gasteiger partial charge on any atom is 0.408 e. The number of hydrogen-bond donors (Lipinski definition) is 1. The second kappa shape index (κ2) is 12.4. The van der Waals surface area contributed by atoms with E-state index >= 15 is 0 Å². The van der Waals surface area contributed by atoms with Crippen LogP contribution in [0.4, 0.5) is 23.2 Å². The molecule has 0 aliphatic carbocycles. The van der Waals surface area contributed by atoms with E-state index in [9.17, 15) is 27.2 Å². The number of carbonyl (C=O) groups excluding carboxylic acids is 1. The summed E-state index contributed by atoms with van der Waals surface area (Å²) in [6.45, 7) is 11.2. The van der Waals surface area contributed by atoms with Crippen LogP contribution in [0.5, 0.6) is 0 Å². The first-order chi connectivity index (χ1) is 21.7. The number of anilines is 1. The van der Waals surface area contributed by atoms with Crippen molar-refractivity contribution in [3.8, 4) is 0 Å². The zero-order valence-electron chi connectivity index (χ0n) is 26.6.